The van der Waals surface area contributed by atoms with Crippen LogP contribution < -0.4 is 4.90 Å². The summed E-state index contributed by atoms with van der Waals surface area (Å²) in [6, 6.07) is 3.85. The highest BCUT2D eigenvalue weighted by molar-refractivity contribution is 5.94. The highest BCUT2D eigenvalue weighted by Gasteiger charge is 2.31. The molecule has 6 nitrogen and oxygen atoms in total. The number of amides is 1. The third-order valence-corrected chi connectivity index (χ3v) is 2.23. The van der Waals surface area contributed by atoms with Crippen molar-refractivity contribution < 1.29 is 19.4 Å². The minimum atomic E-state index is -1.13. The van der Waals surface area contributed by atoms with Gasteiger partial charge in [-0.3, -0.25) is 0 Å². The van der Waals surface area contributed by atoms with Crippen molar-refractivity contribution in [2.45, 2.75) is 39.3 Å². The molecule has 0 bridgehead atoms. The largest absolute Gasteiger partial charge is 0.480 e. The maximum absolute atomic E-state index is 12.1. The fraction of sp³-hybridized carbons (Fsp3) is 0.462. The van der Waals surface area contributed by atoms with Gasteiger partial charge in [0.05, 0.1) is 0 Å². The summed E-state index contributed by atoms with van der Waals surface area (Å²) in [4.78, 5) is 28.2. The lowest BCUT2D eigenvalue weighted by Gasteiger charge is -2.28. The summed E-state index contributed by atoms with van der Waals surface area (Å²) in [7, 11) is 0. The van der Waals surface area contributed by atoms with E-state index in [1.165, 1.54) is 13.1 Å². The number of pyridine rings is 1. The quantitative estimate of drug-likeness (QED) is 0.908. The summed E-state index contributed by atoms with van der Waals surface area (Å²) in [6.45, 7) is 6.55. The standard InChI is InChI=1S/C13H18N2O4/c1-9(11(16)17)15(10-7-5-6-8-14-10)12(18)19-13(2,3)4/h5-9H,1-4H3,(H,16,17)/t9-/m0/s1. The Labute approximate surface area is 112 Å². The number of rotatable bonds is 3. The van der Waals surface area contributed by atoms with E-state index in [1.807, 2.05) is 0 Å². The maximum Gasteiger partial charge on any atom is 0.416 e. The number of anilines is 1. The minimum Gasteiger partial charge on any atom is -0.480 e. The van der Waals surface area contributed by atoms with E-state index < -0.39 is 23.7 Å². The molecule has 104 valence electrons. The third-order valence-electron chi connectivity index (χ3n) is 2.23. The van der Waals surface area contributed by atoms with Crippen molar-refractivity contribution in [2.75, 3.05) is 4.90 Å². The molecule has 1 amide bonds. The van der Waals surface area contributed by atoms with Crippen molar-refractivity contribution in [1.29, 1.82) is 0 Å². The van der Waals surface area contributed by atoms with Gasteiger partial charge >= 0.3 is 12.1 Å². The Morgan fingerprint density at radius 2 is 2.00 bits per heavy atom. The van der Waals surface area contributed by atoms with Crippen LogP contribution in [-0.2, 0) is 9.53 Å². The van der Waals surface area contributed by atoms with Gasteiger partial charge in [-0.1, -0.05) is 6.07 Å². The van der Waals surface area contributed by atoms with Crippen LogP contribution in [0, 0.1) is 0 Å². The second-order valence-corrected chi connectivity index (χ2v) is 5.05. The Hall–Kier alpha value is -2.11. The molecule has 1 N–H and O–H groups in total. The van der Waals surface area contributed by atoms with E-state index in [1.54, 1.807) is 39.0 Å². The van der Waals surface area contributed by atoms with Gasteiger partial charge in [-0.2, -0.15) is 0 Å². The molecule has 0 aromatic carbocycles. The molecule has 0 aliphatic heterocycles. The van der Waals surface area contributed by atoms with Gasteiger partial charge in [0.15, 0.2) is 0 Å². The molecule has 0 saturated heterocycles. The molecule has 19 heavy (non-hydrogen) atoms. The second-order valence-electron chi connectivity index (χ2n) is 5.05. The van der Waals surface area contributed by atoms with Crippen LogP contribution >= 0.6 is 0 Å². The first-order valence-corrected chi connectivity index (χ1v) is 5.88. The monoisotopic (exact) mass is 266 g/mol. The number of hydrogen-bond donors (Lipinski definition) is 1. The maximum atomic E-state index is 12.1. The van der Waals surface area contributed by atoms with Crippen molar-refractivity contribution >= 4 is 17.9 Å². The second kappa shape index (κ2) is 5.69. The molecule has 0 unspecified atom stereocenters. The fourth-order valence-electron chi connectivity index (χ4n) is 1.37. The molecular formula is C13H18N2O4. The zero-order valence-corrected chi connectivity index (χ0v) is 11.5. The predicted molar refractivity (Wildman–Crippen MR) is 70.0 cm³/mol. The van der Waals surface area contributed by atoms with E-state index >= 15 is 0 Å². The summed E-state index contributed by atoms with van der Waals surface area (Å²) < 4.78 is 5.21. The van der Waals surface area contributed by atoms with Gasteiger partial charge in [0.2, 0.25) is 0 Å². The molecular weight excluding hydrogens is 248 g/mol. The Morgan fingerprint density at radius 1 is 1.37 bits per heavy atom. The Bertz CT molecular complexity index is 453. The van der Waals surface area contributed by atoms with E-state index in [0.29, 0.717) is 0 Å². The molecule has 1 rings (SSSR count). The molecule has 0 radical (unpaired) electrons. The highest BCUT2D eigenvalue weighted by atomic mass is 16.6. The molecule has 6 heteroatoms. The van der Waals surface area contributed by atoms with Gasteiger partial charge in [-0.05, 0) is 39.8 Å². The number of aliphatic carboxylic acids is 1. The Kier molecular flexibility index (Phi) is 4.47. The number of carboxylic acid groups (broad SMARTS) is 1. The van der Waals surface area contributed by atoms with E-state index in [4.69, 9.17) is 9.84 Å². The van der Waals surface area contributed by atoms with Gasteiger partial charge in [0.1, 0.15) is 17.5 Å². The lowest BCUT2D eigenvalue weighted by atomic mass is 10.2. The molecule has 1 aromatic heterocycles. The van der Waals surface area contributed by atoms with Crippen molar-refractivity contribution in [3.05, 3.63) is 24.4 Å². The number of nitrogens with zero attached hydrogens (tertiary/aromatic N) is 2. The van der Waals surface area contributed by atoms with E-state index in [-0.39, 0.29) is 5.82 Å². The predicted octanol–water partition coefficient (Wildman–Crippen LogP) is 2.30. The Balaban J connectivity index is 3.07. The van der Waals surface area contributed by atoms with Crippen LogP contribution in [0.4, 0.5) is 10.6 Å². The Morgan fingerprint density at radius 3 is 2.42 bits per heavy atom. The third kappa shape index (κ3) is 4.24. The van der Waals surface area contributed by atoms with Crippen LogP contribution in [0.5, 0.6) is 0 Å². The topological polar surface area (TPSA) is 79.7 Å². The lowest BCUT2D eigenvalue weighted by molar-refractivity contribution is -0.138. The summed E-state index contributed by atoms with van der Waals surface area (Å²) in [5.74, 6) is -0.886. The first-order valence-electron chi connectivity index (χ1n) is 5.88. The van der Waals surface area contributed by atoms with Crippen LogP contribution in [0.2, 0.25) is 0 Å². The van der Waals surface area contributed by atoms with Crippen molar-refractivity contribution in [3.8, 4) is 0 Å². The summed E-state index contributed by atoms with van der Waals surface area (Å²) in [5.41, 5.74) is -0.706. The van der Waals surface area contributed by atoms with Gasteiger partial charge in [-0.15, -0.1) is 0 Å². The van der Waals surface area contributed by atoms with Gasteiger partial charge in [0.25, 0.3) is 0 Å². The van der Waals surface area contributed by atoms with Crippen LogP contribution in [0.25, 0.3) is 0 Å². The van der Waals surface area contributed by atoms with E-state index in [9.17, 15) is 9.59 Å². The summed E-state index contributed by atoms with van der Waals surface area (Å²) in [5, 5.41) is 9.08. The van der Waals surface area contributed by atoms with Crippen LogP contribution in [0.15, 0.2) is 24.4 Å². The van der Waals surface area contributed by atoms with Gasteiger partial charge < -0.3 is 9.84 Å². The molecule has 1 atom stereocenters. The number of aromatic nitrogens is 1. The van der Waals surface area contributed by atoms with E-state index in [0.717, 1.165) is 4.90 Å². The SMILES string of the molecule is C[C@@H](C(=O)O)N(C(=O)OC(C)(C)C)c1ccccn1. The fourth-order valence-corrected chi connectivity index (χ4v) is 1.37. The minimum absolute atomic E-state index is 0.242. The molecule has 0 fully saturated rings. The number of hydrogen-bond acceptors (Lipinski definition) is 4. The normalized spacial score (nSPS) is 12.6. The molecule has 0 aliphatic rings. The van der Waals surface area contributed by atoms with E-state index in [2.05, 4.69) is 4.98 Å². The molecule has 0 aliphatic carbocycles. The number of carboxylic acids is 1. The lowest BCUT2D eigenvalue weighted by Crippen LogP contribution is -2.46. The number of carbonyl (C=O) groups is 2. The zero-order valence-electron chi connectivity index (χ0n) is 11.5. The zero-order chi connectivity index (χ0) is 14.6. The van der Waals surface area contributed by atoms with Crippen LogP contribution in [0.1, 0.15) is 27.7 Å². The number of carbonyl (C=O) groups excluding carboxylic acids is 1. The van der Waals surface area contributed by atoms with Crippen LogP contribution in [0.3, 0.4) is 0 Å². The summed E-state index contributed by atoms with van der Waals surface area (Å²) >= 11 is 0. The number of ether oxygens (including phenoxy) is 1. The average Bonchev–Trinajstić information content (AvgIpc) is 2.28. The first-order chi connectivity index (χ1) is 8.72. The smallest absolute Gasteiger partial charge is 0.416 e. The molecule has 1 heterocycles. The molecule has 1 aromatic rings. The van der Waals surface area contributed by atoms with Crippen molar-refractivity contribution in [3.63, 3.8) is 0 Å². The van der Waals surface area contributed by atoms with Crippen LogP contribution in [-0.4, -0.2) is 33.8 Å². The van der Waals surface area contributed by atoms with Crippen molar-refractivity contribution in [1.82, 2.24) is 4.98 Å². The van der Waals surface area contributed by atoms with Gasteiger partial charge in [0, 0.05) is 6.20 Å². The molecule has 0 spiro atoms. The highest BCUT2D eigenvalue weighted by Crippen LogP contribution is 2.18. The molecule has 0 saturated carbocycles. The van der Waals surface area contributed by atoms with Crippen molar-refractivity contribution in [2.24, 2.45) is 0 Å². The summed E-state index contributed by atoms with van der Waals surface area (Å²) in [6.07, 6.45) is 0.752. The first kappa shape index (κ1) is 14.9. The van der Waals surface area contributed by atoms with Gasteiger partial charge in [-0.25, -0.2) is 19.5 Å². The average molecular weight is 266 g/mol.